The van der Waals surface area contributed by atoms with E-state index < -0.39 is 0 Å². The molecule has 120 valence electrons. The lowest BCUT2D eigenvalue weighted by Crippen LogP contribution is -2.28. The molecule has 1 fully saturated rings. The molecule has 0 saturated carbocycles. The number of hydrogen-bond acceptors (Lipinski definition) is 3. The van der Waals surface area contributed by atoms with Gasteiger partial charge in [0.15, 0.2) is 0 Å². The second-order valence-corrected chi connectivity index (χ2v) is 5.83. The Morgan fingerprint density at radius 2 is 1.88 bits per heavy atom. The minimum atomic E-state index is -0.383. The van der Waals surface area contributed by atoms with E-state index in [-0.39, 0.29) is 24.2 Å². The number of aromatic nitrogens is 2. The van der Waals surface area contributed by atoms with Crippen LogP contribution in [0.25, 0.3) is 11.0 Å². The van der Waals surface area contributed by atoms with Crippen LogP contribution in [0.1, 0.15) is 6.42 Å². The molecule has 4 rings (SSSR count). The predicted octanol–water partition coefficient (Wildman–Crippen LogP) is 2.55. The number of amides is 2. The Morgan fingerprint density at radius 1 is 1.12 bits per heavy atom. The Hall–Kier alpha value is -3.15. The fourth-order valence-corrected chi connectivity index (χ4v) is 2.97. The van der Waals surface area contributed by atoms with Crippen LogP contribution >= 0.6 is 0 Å². The number of imidazole rings is 1. The monoisotopic (exact) mass is 320 g/mol. The molecule has 3 aromatic rings. The third-order valence-corrected chi connectivity index (χ3v) is 4.19. The summed E-state index contributed by atoms with van der Waals surface area (Å²) in [7, 11) is 0. The molecule has 0 bridgehead atoms. The summed E-state index contributed by atoms with van der Waals surface area (Å²) in [4.78, 5) is 33.7. The zero-order valence-electron chi connectivity index (χ0n) is 12.9. The van der Waals surface area contributed by atoms with Gasteiger partial charge in [-0.1, -0.05) is 30.3 Å². The Balaban J connectivity index is 1.48. The van der Waals surface area contributed by atoms with Gasteiger partial charge in [0.2, 0.25) is 17.8 Å². The fourth-order valence-electron chi connectivity index (χ4n) is 2.97. The largest absolute Gasteiger partial charge is 0.324 e. The highest BCUT2D eigenvalue weighted by Gasteiger charge is 2.35. The van der Waals surface area contributed by atoms with Gasteiger partial charge < -0.3 is 9.88 Å². The number of benzene rings is 2. The molecule has 0 unspecified atom stereocenters. The molecule has 2 N–H and O–H groups in total. The average Bonchev–Trinajstić information content (AvgIpc) is 3.18. The van der Waals surface area contributed by atoms with Crippen molar-refractivity contribution in [3.8, 4) is 0 Å². The summed E-state index contributed by atoms with van der Waals surface area (Å²) in [5, 5.41) is 2.78. The summed E-state index contributed by atoms with van der Waals surface area (Å²) in [6.45, 7) is 0.384. The standard InChI is InChI=1S/C18H16N4O2/c23-16-10-12(11-22(16)13-6-2-1-3-7-13)17(24)21-18-19-14-8-4-5-9-15(14)20-18/h1-9,12H,10-11H2,(H2,19,20,21,24)/t12-/m0/s1. The number of hydrogen-bond donors (Lipinski definition) is 2. The van der Waals surface area contributed by atoms with Gasteiger partial charge in [0.05, 0.1) is 17.0 Å². The molecule has 1 aliphatic heterocycles. The molecule has 24 heavy (non-hydrogen) atoms. The van der Waals surface area contributed by atoms with E-state index in [1.807, 2.05) is 54.6 Å². The van der Waals surface area contributed by atoms with E-state index in [1.165, 1.54) is 0 Å². The first-order chi connectivity index (χ1) is 11.7. The summed E-state index contributed by atoms with van der Waals surface area (Å²) in [6.07, 6.45) is 0.209. The maximum absolute atomic E-state index is 12.5. The lowest BCUT2D eigenvalue weighted by Gasteiger charge is -2.16. The molecular weight excluding hydrogens is 304 g/mol. The quantitative estimate of drug-likeness (QED) is 0.778. The lowest BCUT2D eigenvalue weighted by molar-refractivity contribution is -0.122. The maximum atomic E-state index is 12.5. The first-order valence-corrected chi connectivity index (χ1v) is 7.82. The van der Waals surface area contributed by atoms with Gasteiger partial charge in [-0.2, -0.15) is 0 Å². The van der Waals surface area contributed by atoms with Crippen molar-refractivity contribution in [2.75, 3.05) is 16.8 Å². The summed E-state index contributed by atoms with van der Waals surface area (Å²) in [6, 6.07) is 17.0. The number of nitrogens with one attached hydrogen (secondary N) is 2. The molecule has 2 heterocycles. The second-order valence-electron chi connectivity index (χ2n) is 5.83. The Morgan fingerprint density at radius 3 is 2.67 bits per heavy atom. The molecule has 0 aliphatic carbocycles. The van der Waals surface area contributed by atoms with Crippen LogP contribution in [0.4, 0.5) is 11.6 Å². The minimum absolute atomic E-state index is 0.0362. The number of fused-ring (bicyclic) bond motifs is 1. The van der Waals surface area contributed by atoms with E-state index in [1.54, 1.807) is 4.90 Å². The normalized spacial score (nSPS) is 17.4. The number of carbonyl (C=O) groups excluding carboxylic acids is 2. The van der Waals surface area contributed by atoms with Gasteiger partial charge in [0, 0.05) is 18.7 Å². The van der Waals surface area contributed by atoms with Crippen LogP contribution in [0, 0.1) is 5.92 Å². The van der Waals surface area contributed by atoms with E-state index in [0.717, 1.165) is 16.7 Å². The first kappa shape index (κ1) is 14.4. The molecule has 0 spiro atoms. The third-order valence-electron chi connectivity index (χ3n) is 4.19. The van der Waals surface area contributed by atoms with Crippen molar-refractivity contribution < 1.29 is 9.59 Å². The van der Waals surface area contributed by atoms with Crippen LogP contribution in [0.2, 0.25) is 0 Å². The Labute approximate surface area is 138 Å². The molecular formula is C18H16N4O2. The van der Waals surface area contributed by atoms with Crippen LogP contribution in [0.3, 0.4) is 0 Å². The molecule has 1 aliphatic rings. The number of aromatic amines is 1. The highest BCUT2D eigenvalue weighted by atomic mass is 16.2. The zero-order valence-corrected chi connectivity index (χ0v) is 12.9. The van der Waals surface area contributed by atoms with Crippen LogP contribution in [0.5, 0.6) is 0 Å². The molecule has 2 aromatic carbocycles. The minimum Gasteiger partial charge on any atom is -0.324 e. The van der Waals surface area contributed by atoms with E-state index in [2.05, 4.69) is 15.3 Å². The first-order valence-electron chi connectivity index (χ1n) is 7.82. The van der Waals surface area contributed by atoms with Crippen LogP contribution < -0.4 is 10.2 Å². The van der Waals surface area contributed by atoms with Gasteiger partial charge in [-0.05, 0) is 24.3 Å². The zero-order chi connectivity index (χ0) is 16.5. The fraction of sp³-hybridized carbons (Fsp3) is 0.167. The van der Waals surface area contributed by atoms with Crippen molar-refractivity contribution in [3.05, 3.63) is 54.6 Å². The molecule has 6 heteroatoms. The summed E-state index contributed by atoms with van der Waals surface area (Å²) < 4.78 is 0. The van der Waals surface area contributed by atoms with E-state index >= 15 is 0 Å². The molecule has 6 nitrogen and oxygen atoms in total. The molecule has 1 atom stereocenters. The number of rotatable bonds is 3. The summed E-state index contributed by atoms with van der Waals surface area (Å²) in [5.74, 6) is -0.204. The van der Waals surface area contributed by atoms with Gasteiger partial charge in [-0.25, -0.2) is 4.98 Å². The van der Waals surface area contributed by atoms with Crippen molar-refractivity contribution in [1.29, 1.82) is 0 Å². The van der Waals surface area contributed by atoms with E-state index in [4.69, 9.17) is 0 Å². The van der Waals surface area contributed by atoms with Crippen LogP contribution in [0.15, 0.2) is 54.6 Å². The highest BCUT2D eigenvalue weighted by molar-refractivity contribution is 6.03. The number of nitrogens with zero attached hydrogens (tertiary/aromatic N) is 2. The predicted molar refractivity (Wildman–Crippen MR) is 91.6 cm³/mol. The number of para-hydroxylation sites is 3. The smallest absolute Gasteiger partial charge is 0.232 e. The highest BCUT2D eigenvalue weighted by Crippen LogP contribution is 2.25. The van der Waals surface area contributed by atoms with E-state index in [0.29, 0.717) is 12.5 Å². The van der Waals surface area contributed by atoms with Crippen LogP contribution in [-0.4, -0.2) is 28.3 Å². The number of anilines is 2. The van der Waals surface area contributed by atoms with Crippen molar-refractivity contribution in [2.45, 2.75) is 6.42 Å². The van der Waals surface area contributed by atoms with Crippen molar-refractivity contribution in [2.24, 2.45) is 5.92 Å². The topological polar surface area (TPSA) is 78.1 Å². The van der Waals surface area contributed by atoms with Crippen molar-refractivity contribution in [3.63, 3.8) is 0 Å². The number of H-pyrrole nitrogens is 1. The van der Waals surface area contributed by atoms with Gasteiger partial charge in [0.1, 0.15) is 0 Å². The van der Waals surface area contributed by atoms with Gasteiger partial charge in [0.25, 0.3) is 0 Å². The Kier molecular flexibility index (Phi) is 3.49. The Bertz CT molecular complexity index is 871. The third kappa shape index (κ3) is 2.62. The molecule has 1 saturated heterocycles. The van der Waals surface area contributed by atoms with Crippen molar-refractivity contribution in [1.82, 2.24) is 9.97 Å². The number of carbonyl (C=O) groups is 2. The molecule has 2 amide bonds. The average molecular weight is 320 g/mol. The van der Waals surface area contributed by atoms with E-state index in [9.17, 15) is 9.59 Å². The van der Waals surface area contributed by atoms with Gasteiger partial charge in [-0.3, -0.25) is 14.9 Å². The van der Waals surface area contributed by atoms with Gasteiger partial charge >= 0.3 is 0 Å². The summed E-state index contributed by atoms with van der Waals surface area (Å²) >= 11 is 0. The second kappa shape index (κ2) is 5.81. The van der Waals surface area contributed by atoms with Crippen LogP contribution in [-0.2, 0) is 9.59 Å². The summed E-state index contributed by atoms with van der Waals surface area (Å²) in [5.41, 5.74) is 2.48. The van der Waals surface area contributed by atoms with Gasteiger partial charge in [-0.15, -0.1) is 0 Å². The molecule has 0 radical (unpaired) electrons. The lowest BCUT2D eigenvalue weighted by atomic mass is 10.1. The molecule has 1 aromatic heterocycles. The van der Waals surface area contributed by atoms with Crippen molar-refractivity contribution >= 4 is 34.5 Å². The SMILES string of the molecule is O=C(Nc1nc2ccccc2[nH]1)[C@H]1CC(=O)N(c2ccccc2)C1. The maximum Gasteiger partial charge on any atom is 0.232 e.